The molecule has 1 saturated heterocycles. The summed E-state index contributed by atoms with van der Waals surface area (Å²) in [5.74, 6) is -0.789. The van der Waals surface area contributed by atoms with Crippen molar-refractivity contribution in [1.29, 1.82) is 0 Å². The Morgan fingerprint density at radius 1 is 0.976 bits per heavy atom. The van der Waals surface area contributed by atoms with Crippen LogP contribution in [0, 0.1) is 19.7 Å². The Bertz CT molecular complexity index is 1790. The van der Waals surface area contributed by atoms with Crippen LogP contribution in [-0.2, 0) is 10.2 Å². The van der Waals surface area contributed by atoms with Crippen LogP contribution in [0.4, 0.5) is 4.39 Å². The number of carbonyl (C=O) groups excluding carboxylic acids is 2. The Labute approximate surface area is 237 Å². The number of benzene rings is 3. The van der Waals surface area contributed by atoms with Gasteiger partial charge in [-0.2, -0.15) is 0 Å². The molecule has 1 N–H and O–H groups in total. The van der Waals surface area contributed by atoms with Crippen molar-refractivity contribution in [3.63, 3.8) is 0 Å². The maximum absolute atomic E-state index is 16.4. The number of ketones is 1. The second-order valence-corrected chi connectivity index (χ2v) is 10.7. The number of ether oxygens (including phenoxy) is 1. The minimum Gasteiger partial charge on any atom is -0.455 e. The number of nitrogens with one attached hydrogen (secondary N) is 1. The van der Waals surface area contributed by atoms with E-state index in [1.165, 1.54) is 7.05 Å². The first-order valence-electron chi connectivity index (χ1n) is 13.5. The molecule has 3 aromatic carbocycles. The van der Waals surface area contributed by atoms with E-state index >= 15 is 4.39 Å². The Balaban J connectivity index is 1.42. The third-order valence-electron chi connectivity index (χ3n) is 7.87. The number of hydrogen-bond acceptors (Lipinski definition) is 5. The molecule has 0 spiro atoms. The van der Waals surface area contributed by atoms with Crippen molar-refractivity contribution >= 4 is 22.7 Å². The number of nitrogens with zero attached hydrogens (tertiary/aromatic N) is 1. The first kappa shape index (κ1) is 26.6. The molecule has 3 heterocycles. The third kappa shape index (κ3) is 4.62. The van der Waals surface area contributed by atoms with Crippen LogP contribution in [0.1, 0.15) is 44.0 Å². The molecule has 0 bridgehead atoms. The summed E-state index contributed by atoms with van der Waals surface area (Å²) < 4.78 is 28.0. The highest BCUT2D eigenvalue weighted by Crippen LogP contribution is 2.40. The van der Waals surface area contributed by atoms with Crippen LogP contribution < -0.4 is 5.32 Å². The molecule has 1 fully saturated rings. The second-order valence-electron chi connectivity index (χ2n) is 10.7. The van der Waals surface area contributed by atoms with Gasteiger partial charge in [-0.15, -0.1) is 0 Å². The molecule has 5 aromatic rings. The lowest BCUT2D eigenvalue weighted by atomic mass is 9.76. The fourth-order valence-corrected chi connectivity index (χ4v) is 5.47. The van der Waals surface area contributed by atoms with Gasteiger partial charge in [-0.25, -0.2) is 4.39 Å². The molecule has 41 heavy (non-hydrogen) atoms. The van der Waals surface area contributed by atoms with E-state index in [0.29, 0.717) is 35.7 Å². The monoisotopic (exact) mass is 548 g/mol. The van der Waals surface area contributed by atoms with Crippen molar-refractivity contribution in [1.82, 2.24) is 10.3 Å². The molecule has 0 unspecified atom stereocenters. The van der Waals surface area contributed by atoms with Crippen LogP contribution in [0.3, 0.4) is 0 Å². The highest BCUT2D eigenvalue weighted by Gasteiger charge is 2.43. The van der Waals surface area contributed by atoms with Gasteiger partial charge in [0.1, 0.15) is 17.2 Å². The molecular weight excluding hydrogens is 519 g/mol. The number of aromatic nitrogens is 1. The molecule has 0 aliphatic carbocycles. The summed E-state index contributed by atoms with van der Waals surface area (Å²) in [7, 11) is 1.51. The molecule has 206 valence electrons. The van der Waals surface area contributed by atoms with E-state index < -0.39 is 17.1 Å². The zero-order chi connectivity index (χ0) is 28.7. The average Bonchev–Trinajstić information content (AvgIpc) is 3.36. The Morgan fingerprint density at radius 2 is 1.76 bits per heavy atom. The maximum Gasteiger partial charge on any atom is 0.255 e. The number of Topliss-reactive ketones (excluding diaryl/α,β-unsaturated/α-hetero) is 1. The second kappa shape index (κ2) is 10.4. The number of aryl methyl sites for hydroxylation is 2. The van der Waals surface area contributed by atoms with Crippen LogP contribution in [0.15, 0.2) is 83.4 Å². The number of halogens is 1. The lowest BCUT2D eigenvalue weighted by Crippen LogP contribution is -2.48. The summed E-state index contributed by atoms with van der Waals surface area (Å²) in [4.78, 5) is 31.1. The first-order valence-corrected chi connectivity index (χ1v) is 13.5. The van der Waals surface area contributed by atoms with E-state index in [0.717, 1.165) is 16.8 Å². The zero-order valence-corrected chi connectivity index (χ0v) is 23.1. The van der Waals surface area contributed by atoms with Gasteiger partial charge in [-0.1, -0.05) is 48.0 Å². The van der Waals surface area contributed by atoms with Crippen molar-refractivity contribution in [2.45, 2.75) is 25.7 Å². The third-order valence-corrected chi connectivity index (χ3v) is 7.87. The SMILES string of the molecule is CNC(=O)c1c(-c2ccc(C)cc2)oc2ccc(-c3cc(C(=O)CC4(c5ccccn5)COC4)ccc3C)c(F)c12. The predicted molar refractivity (Wildman–Crippen MR) is 156 cm³/mol. The van der Waals surface area contributed by atoms with Crippen LogP contribution in [0.5, 0.6) is 0 Å². The molecule has 7 heteroatoms. The van der Waals surface area contributed by atoms with Crippen LogP contribution >= 0.6 is 0 Å². The number of pyridine rings is 1. The summed E-state index contributed by atoms with van der Waals surface area (Å²) in [5, 5.41) is 2.73. The molecule has 2 aromatic heterocycles. The average molecular weight is 549 g/mol. The topological polar surface area (TPSA) is 81.4 Å². The summed E-state index contributed by atoms with van der Waals surface area (Å²) >= 11 is 0. The summed E-state index contributed by atoms with van der Waals surface area (Å²) in [6, 6.07) is 21.8. The van der Waals surface area contributed by atoms with Gasteiger partial charge >= 0.3 is 0 Å². The summed E-state index contributed by atoms with van der Waals surface area (Å²) in [5.41, 5.74) is 4.64. The smallest absolute Gasteiger partial charge is 0.255 e. The minimum absolute atomic E-state index is 0.0716. The number of furan rings is 1. The fraction of sp³-hybridized carbons (Fsp3) is 0.206. The number of amides is 1. The molecule has 1 aliphatic rings. The lowest BCUT2D eigenvalue weighted by Gasteiger charge is -2.40. The molecule has 0 radical (unpaired) electrons. The first-order chi connectivity index (χ1) is 19.8. The van der Waals surface area contributed by atoms with Crippen LogP contribution in [0.2, 0.25) is 0 Å². The van der Waals surface area contributed by atoms with Gasteiger partial charge in [-0.05, 0) is 55.3 Å². The highest BCUT2D eigenvalue weighted by molar-refractivity contribution is 6.12. The molecular formula is C34H29FN2O4. The summed E-state index contributed by atoms with van der Waals surface area (Å²) in [6.45, 7) is 4.68. The van der Waals surface area contributed by atoms with E-state index in [2.05, 4.69) is 10.3 Å². The zero-order valence-electron chi connectivity index (χ0n) is 23.1. The Hall–Kier alpha value is -4.62. The molecule has 6 nitrogen and oxygen atoms in total. The van der Waals surface area contributed by atoms with Crippen LogP contribution in [0.25, 0.3) is 33.4 Å². The van der Waals surface area contributed by atoms with Crippen molar-refractivity contribution in [3.05, 3.63) is 113 Å². The van der Waals surface area contributed by atoms with E-state index in [-0.39, 0.29) is 34.3 Å². The van der Waals surface area contributed by atoms with Gasteiger partial charge in [0.15, 0.2) is 5.78 Å². The Kier molecular flexibility index (Phi) is 6.75. The largest absolute Gasteiger partial charge is 0.455 e. The number of hydrogen-bond donors (Lipinski definition) is 1. The molecule has 6 rings (SSSR count). The van der Waals surface area contributed by atoms with Crippen LogP contribution in [-0.4, -0.2) is 36.9 Å². The van der Waals surface area contributed by atoms with E-state index in [1.807, 2.05) is 62.4 Å². The molecule has 0 saturated carbocycles. The van der Waals surface area contributed by atoms with Crippen molar-refractivity contribution in [3.8, 4) is 22.5 Å². The van der Waals surface area contributed by atoms with E-state index in [1.54, 1.807) is 30.5 Å². The minimum atomic E-state index is -0.576. The van der Waals surface area contributed by atoms with E-state index in [4.69, 9.17) is 9.15 Å². The van der Waals surface area contributed by atoms with Crippen molar-refractivity contribution in [2.75, 3.05) is 20.3 Å². The van der Waals surface area contributed by atoms with Gasteiger partial charge in [-0.3, -0.25) is 14.6 Å². The quantitative estimate of drug-likeness (QED) is 0.226. The van der Waals surface area contributed by atoms with E-state index in [9.17, 15) is 9.59 Å². The number of rotatable bonds is 7. The lowest BCUT2D eigenvalue weighted by molar-refractivity contribution is -0.0621. The number of fused-ring (bicyclic) bond motifs is 1. The maximum atomic E-state index is 16.4. The van der Waals surface area contributed by atoms with Gasteiger partial charge in [0.25, 0.3) is 5.91 Å². The standard InChI is InChI=1S/C34H29FN2O4/c1-20-7-10-22(11-8-20)32-30(33(39)36-3)29-27(41-32)14-13-24(31(29)35)25-16-23(12-9-21(25)2)26(38)17-34(18-40-19-34)28-6-4-5-15-37-28/h4-16H,17-19H2,1-3H3,(H,36,39). The molecule has 0 atom stereocenters. The molecule has 1 amide bonds. The van der Waals surface area contributed by atoms with Gasteiger partial charge < -0.3 is 14.5 Å². The fourth-order valence-electron chi connectivity index (χ4n) is 5.47. The molecule has 1 aliphatic heterocycles. The van der Waals surface area contributed by atoms with Gasteiger partial charge in [0.05, 0.1) is 35.3 Å². The van der Waals surface area contributed by atoms with Crippen molar-refractivity contribution in [2.24, 2.45) is 0 Å². The normalized spacial score (nSPS) is 14.0. The summed E-state index contributed by atoms with van der Waals surface area (Å²) in [6.07, 6.45) is 1.95. The Morgan fingerprint density at radius 3 is 2.41 bits per heavy atom. The van der Waals surface area contributed by atoms with Gasteiger partial charge in [0.2, 0.25) is 0 Å². The number of carbonyl (C=O) groups is 2. The van der Waals surface area contributed by atoms with Crippen molar-refractivity contribution < 1.29 is 23.1 Å². The van der Waals surface area contributed by atoms with Gasteiger partial charge in [0, 0.05) is 36.4 Å². The highest BCUT2D eigenvalue weighted by atomic mass is 19.1. The predicted octanol–water partition coefficient (Wildman–Crippen LogP) is 6.82.